The first kappa shape index (κ1) is 19.3. The Bertz CT molecular complexity index is 976. The van der Waals surface area contributed by atoms with Crippen LogP contribution in [0.2, 0.25) is 10.0 Å². The fourth-order valence-electron chi connectivity index (χ4n) is 2.31. The summed E-state index contributed by atoms with van der Waals surface area (Å²) in [6, 6.07) is 11.0. The van der Waals surface area contributed by atoms with E-state index in [0.717, 1.165) is 16.7 Å². The fraction of sp³-hybridized carbons (Fsp3) is 0.0556. The summed E-state index contributed by atoms with van der Waals surface area (Å²) in [6.07, 6.45) is 1.54. The van der Waals surface area contributed by atoms with E-state index in [1.807, 2.05) is 0 Å². The van der Waals surface area contributed by atoms with E-state index >= 15 is 0 Å². The molecule has 2 aromatic carbocycles. The summed E-state index contributed by atoms with van der Waals surface area (Å²) < 4.78 is 5.11. The monoisotopic (exact) mass is 423 g/mol. The number of hydrogen-bond acceptors (Lipinski definition) is 5. The van der Waals surface area contributed by atoms with Gasteiger partial charge in [-0.05, 0) is 53.7 Å². The van der Waals surface area contributed by atoms with Gasteiger partial charge < -0.3 is 9.84 Å². The third-order valence-electron chi connectivity index (χ3n) is 3.47. The summed E-state index contributed by atoms with van der Waals surface area (Å²) in [5.74, 6) is -1.24. The highest BCUT2D eigenvalue weighted by molar-refractivity contribution is 8.19. The zero-order chi connectivity index (χ0) is 19.6. The third kappa shape index (κ3) is 4.44. The molecule has 2 aromatic rings. The van der Waals surface area contributed by atoms with Crippen LogP contribution in [0.3, 0.4) is 0 Å². The topological polar surface area (TPSA) is 83.9 Å². The van der Waals surface area contributed by atoms with Crippen molar-refractivity contribution in [3.8, 4) is 5.75 Å². The molecule has 1 aliphatic heterocycles. The number of rotatable bonds is 5. The van der Waals surface area contributed by atoms with Gasteiger partial charge in [0.25, 0.3) is 11.1 Å². The highest BCUT2D eigenvalue weighted by Crippen LogP contribution is 2.37. The summed E-state index contributed by atoms with van der Waals surface area (Å²) in [5.41, 5.74) is 0.923. The predicted molar refractivity (Wildman–Crippen MR) is 104 cm³/mol. The molecule has 0 saturated carbocycles. The largest absolute Gasteiger partial charge is 0.482 e. The normalized spacial score (nSPS) is 15.5. The van der Waals surface area contributed by atoms with Crippen LogP contribution >= 0.6 is 35.0 Å². The van der Waals surface area contributed by atoms with E-state index in [1.165, 1.54) is 24.3 Å². The molecule has 2 amide bonds. The lowest BCUT2D eigenvalue weighted by molar-refractivity contribution is -0.139. The van der Waals surface area contributed by atoms with Gasteiger partial charge in [0.15, 0.2) is 6.61 Å². The number of imide groups is 1. The molecule has 0 spiro atoms. The van der Waals surface area contributed by atoms with Crippen molar-refractivity contribution in [2.75, 3.05) is 11.5 Å². The average molecular weight is 424 g/mol. The number of thioether (sulfide) groups is 1. The zero-order valence-electron chi connectivity index (χ0n) is 13.5. The Balaban J connectivity index is 1.85. The standard InChI is InChI=1S/C18H11Cl2NO5S/c19-13-5-4-11(8-14(13)20)21-17(24)15(27-18(21)25)7-10-2-1-3-12(6-10)26-9-16(22)23/h1-8H,9H2,(H,22,23). The van der Waals surface area contributed by atoms with E-state index in [2.05, 4.69) is 0 Å². The number of benzene rings is 2. The van der Waals surface area contributed by atoms with Crippen molar-refractivity contribution in [1.29, 1.82) is 0 Å². The highest BCUT2D eigenvalue weighted by Gasteiger charge is 2.36. The van der Waals surface area contributed by atoms with Crippen LogP contribution in [-0.4, -0.2) is 28.8 Å². The molecule has 1 aliphatic rings. The number of ether oxygens (including phenoxy) is 1. The number of carbonyl (C=O) groups is 3. The number of anilines is 1. The summed E-state index contributed by atoms with van der Waals surface area (Å²) in [5, 5.41) is 8.77. The Morgan fingerprint density at radius 1 is 1.15 bits per heavy atom. The maximum atomic E-state index is 12.6. The number of amides is 2. The number of carbonyl (C=O) groups excluding carboxylic acids is 2. The number of carboxylic acids is 1. The molecular formula is C18H11Cl2NO5S. The lowest BCUT2D eigenvalue weighted by atomic mass is 10.2. The second-order valence-corrected chi connectivity index (χ2v) is 7.18. The van der Waals surface area contributed by atoms with Gasteiger partial charge >= 0.3 is 5.97 Å². The maximum Gasteiger partial charge on any atom is 0.341 e. The van der Waals surface area contributed by atoms with Gasteiger partial charge in [0.05, 0.1) is 20.6 Å². The van der Waals surface area contributed by atoms with Crippen molar-refractivity contribution in [3.63, 3.8) is 0 Å². The molecule has 0 atom stereocenters. The smallest absolute Gasteiger partial charge is 0.341 e. The maximum absolute atomic E-state index is 12.6. The van der Waals surface area contributed by atoms with E-state index < -0.39 is 23.7 Å². The molecular weight excluding hydrogens is 413 g/mol. The summed E-state index contributed by atoms with van der Waals surface area (Å²) >= 11 is 12.6. The third-order valence-corrected chi connectivity index (χ3v) is 5.08. The minimum Gasteiger partial charge on any atom is -0.482 e. The van der Waals surface area contributed by atoms with Crippen LogP contribution in [0, 0.1) is 0 Å². The molecule has 0 aromatic heterocycles. The van der Waals surface area contributed by atoms with Crippen molar-refractivity contribution in [1.82, 2.24) is 0 Å². The SMILES string of the molecule is O=C(O)COc1cccc(C=C2SC(=O)N(c3ccc(Cl)c(Cl)c3)C2=O)c1. The van der Waals surface area contributed by atoms with E-state index in [1.54, 1.807) is 24.3 Å². The summed E-state index contributed by atoms with van der Waals surface area (Å²) in [6.45, 7) is -0.475. The first-order valence-electron chi connectivity index (χ1n) is 7.53. The Morgan fingerprint density at radius 2 is 1.93 bits per heavy atom. The van der Waals surface area contributed by atoms with Crippen LogP contribution in [0.5, 0.6) is 5.75 Å². The van der Waals surface area contributed by atoms with Crippen LogP contribution in [0.25, 0.3) is 6.08 Å². The molecule has 1 heterocycles. The summed E-state index contributed by atoms with van der Waals surface area (Å²) in [7, 11) is 0. The Hall–Kier alpha value is -2.48. The average Bonchev–Trinajstić information content (AvgIpc) is 2.89. The second-order valence-electron chi connectivity index (χ2n) is 5.37. The quantitative estimate of drug-likeness (QED) is 0.701. The van der Waals surface area contributed by atoms with Gasteiger partial charge in [-0.25, -0.2) is 9.69 Å². The van der Waals surface area contributed by atoms with Gasteiger partial charge in [-0.3, -0.25) is 9.59 Å². The number of carboxylic acid groups (broad SMARTS) is 1. The van der Waals surface area contributed by atoms with Gasteiger partial charge in [-0.2, -0.15) is 0 Å². The van der Waals surface area contributed by atoms with E-state index in [9.17, 15) is 14.4 Å². The van der Waals surface area contributed by atoms with Crippen molar-refractivity contribution in [3.05, 3.63) is 63.0 Å². The zero-order valence-corrected chi connectivity index (χ0v) is 15.8. The van der Waals surface area contributed by atoms with E-state index in [4.69, 9.17) is 33.0 Å². The summed E-state index contributed by atoms with van der Waals surface area (Å²) in [4.78, 5) is 36.8. The molecule has 1 saturated heterocycles. The van der Waals surface area contributed by atoms with Crippen LogP contribution < -0.4 is 9.64 Å². The lowest BCUT2D eigenvalue weighted by Gasteiger charge is -2.13. The van der Waals surface area contributed by atoms with Crippen LogP contribution in [0.15, 0.2) is 47.4 Å². The van der Waals surface area contributed by atoms with Gasteiger partial charge in [0.2, 0.25) is 0 Å². The van der Waals surface area contributed by atoms with Crippen LogP contribution in [0.1, 0.15) is 5.56 Å². The molecule has 1 N–H and O–H groups in total. The Kier molecular flexibility index (Phi) is 5.74. The van der Waals surface area contributed by atoms with Gasteiger partial charge in [0.1, 0.15) is 5.75 Å². The molecule has 27 heavy (non-hydrogen) atoms. The molecule has 0 bridgehead atoms. The molecule has 0 unspecified atom stereocenters. The molecule has 9 heteroatoms. The number of hydrogen-bond donors (Lipinski definition) is 1. The first-order valence-corrected chi connectivity index (χ1v) is 9.10. The van der Waals surface area contributed by atoms with Gasteiger partial charge in [-0.1, -0.05) is 35.3 Å². The van der Waals surface area contributed by atoms with Gasteiger partial charge in [0, 0.05) is 0 Å². The van der Waals surface area contributed by atoms with Crippen molar-refractivity contribution >= 4 is 63.8 Å². The lowest BCUT2D eigenvalue weighted by Crippen LogP contribution is -2.27. The Morgan fingerprint density at radius 3 is 2.63 bits per heavy atom. The number of halogens is 2. The van der Waals surface area contributed by atoms with Crippen molar-refractivity contribution in [2.24, 2.45) is 0 Å². The minimum absolute atomic E-state index is 0.224. The fourth-order valence-corrected chi connectivity index (χ4v) is 3.44. The van der Waals surface area contributed by atoms with Crippen molar-refractivity contribution in [2.45, 2.75) is 0 Å². The first-order chi connectivity index (χ1) is 12.8. The van der Waals surface area contributed by atoms with E-state index in [-0.39, 0.29) is 9.93 Å². The molecule has 0 radical (unpaired) electrons. The van der Waals surface area contributed by atoms with Crippen molar-refractivity contribution < 1.29 is 24.2 Å². The van der Waals surface area contributed by atoms with Crippen LogP contribution in [0.4, 0.5) is 10.5 Å². The van der Waals surface area contributed by atoms with Gasteiger partial charge in [-0.15, -0.1) is 0 Å². The highest BCUT2D eigenvalue weighted by atomic mass is 35.5. The molecule has 0 aliphatic carbocycles. The molecule has 3 rings (SSSR count). The number of nitrogens with zero attached hydrogens (tertiary/aromatic N) is 1. The molecule has 1 fully saturated rings. The predicted octanol–water partition coefficient (Wildman–Crippen LogP) is 4.70. The number of aliphatic carboxylic acids is 1. The Labute approximate surface area is 168 Å². The minimum atomic E-state index is -1.09. The van der Waals surface area contributed by atoms with E-state index in [0.29, 0.717) is 22.0 Å². The molecule has 138 valence electrons. The molecule has 6 nitrogen and oxygen atoms in total. The van der Waals surface area contributed by atoms with Crippen LogP contribution in [-0.2, 0) is 9.59 Å². The second kappa shape index (κ2) is 8.04.